The first-order valence-electron chi connectivity index (χ1n) is 3.83. The van der Waals surface area contributed by atoms with Crippen molar-refractivity contribution < 1.29 is 10.2 Å². The Morgan fingerprint density at radius 3 is 2.54 bits per heavy atom. The average Bonchev–Trinajstić information content (AvgIpc) is 2.08. The van der Waals surface area contributed by atoms with Crippen LogP contribution in [-0.4, -0.2) is 16.3 Å². The van der Waals surface area contributed by atoms with Crippen molar-refractivity contribution in [2.45, 2.75) is 19.1 Å². The highest BCUT2D eigenvalue weighted by Crippen LogP contribution is 2.28. The number of benzene rings is 1. The van der Waals surface area contributed by atoms with Crippen molar-refractivity contribution in [1.82, 2.24) is 0 Å². The van der Waals surface area contributed by atoms with Gasteiger partial charge in [0.2, 0.25) is 0 Å². The zero-order chi connectivity index (χ0) is 10.0. The predicted octanol–water partition coefficient (Wildman–Crippen LogP) is 2.52. The molecule has 0 aliphatic carbocycles. The third-order valence-corrected chi connectivity index (χ3v) is 2.69. The number of aliphatic hydroxyl groups excluding tert-OH is 2. The zero-order valence-electron chi connectivity index (χ0n) is 7.04. The van der Waals surface area contributed by atoms with Gasteiger partial charge in [-0.05, 0) is 30.7 Å². The second-order valence-corrected chi connectivity index (χ2v) is 4.14. The fourth-order valence-electron chi connectivity index (χ4n) is 1.00. The summed E-state index contributed by atoms with van der Waals surface area (Å²) in [5, 5.41) is 19.3. The Labute approximate surface area is 90.3 Å². The molecule has 13 heavy (non-hydrogen) atoms. The van der Waals surface area contributed by atoms with Crippen LogP contribution in [0.1, 0.15) is 18.6 Å². The summed E-state index contributed by atoms with van der Waals surface area (Å²) in [6.07, 6.45) is -1.72. The lowest BCUT2D eigenvalue weighted by atomic mass is 10.1. The maximum absolute atomic E-state index is 9.56. The first-order chi connectivity index (χ1) is 6.02. The van der Waals surface area contributed by atoms with E-state index in [1.807, 2.05) is 0 Å². The van der Waals surface area contributed by atoms with Crippen LogP contribution in [0.15, 0.2) is 22.7 Å². The van der Waals surface area contributed by atoms with Crippen LogP contribution in [0.5, 0.6) is 0 Å². The third-order valence-electron chi connectivity index (χ3n) is 1.73. The van der Waals surface area contributed by atoms with Crippen molar-refractivity contribution in [3.8, 4) is 0 Å². The van der Waals surface area contributed by atoms with E-state index in [0.717, 1.165) is 4.47 Å². The molecule has 1 aromatic rings. The molecule has 2 atom stereocenters. The fraction of sp³-hybridized carbons (Fsp3) is 0.333. The number of rotatable bonds is 2. The second kappa shape index (κ2) is 4.42. The van der Waals surface area contributed by atoms with Gasteiger partial charge in [-0.2, -0.15) is 0 Å². The molecule has 0 bridgehead atoms. The van der Waals surface area contributed by atoms with E-state index < -0.39 is 12.2 Å². The number of hydrogen-bond donors (Lipinski definition) is 2. The molecule has 72 valence electrons. The maximum Gasteiger partial charge on any atom is 0.106 e. The standard InChI is InChI=1S/C9H10BrClO2/c1-5(12)9(13)7-4-6(11)2-3-8(7)10/h2-5,9,12-13H,1H3/t5?,9-/m0/s1. The van der Waals surface area contributed by atoms with Crippen LogP contribution in [0.3, 0.4) is 0 Å². The molecule has 2 nitrogen and oxygen atoms in total. The molecule has 0 aliphatic heterocycles. The van der Waals surface area contributed by atoms with Gasteiger partial charge in [0, 0.05) is 9.50 Å². The molecule has 0 heterocycles. The minimum absolute atomic E-state index is 0.540. The van der Waals surface area contributed by atoms with Crippen LogP contribution in [0.4, 0.5) is 0 Å². The summed E-state index contributed by atoms with van der Waals surface area (Å²) in [5.41, 5.74) is 0.600. The van der Waals surface area contributed by atoms with Crippen molar-refractivity contribution in [3.05, 3.63) is 33.3 Å². The summed E-state index contributed by atoms with van der Waals surface area (Å²) in [6.45, 7) is 1.53. The first-order valence-corrected chi connectivity index (χ1v) is 5.00. The monoisotopic (exact) mass is 264 g/mol. The van der Waals surface area contributed by atoms with E-state index in [9.17, 15) is 10.2 Å². The van der Waals surface area contributed by atoms with E-state index in [2.05, 4.69) is 15.9 Å². The van der Waals surface area contributed by atoms with Crippen LogP contribution in [0.25, 0.3) is 0 Å². The molecule has 4 heteroatoms. The van der Waals surface area contributed by atoms with E-state index in [1.54, 1.807) is 18.2 Å². The molecule has 0 saturated heterocycles. The highest BCUT2D eigenvalue weighted by molar-refractivity contribution is 9.10. The van der Waals surface area contributed by atoms with Gasteiger partial charge in [-0.1, -0.05) is 27.5 Å². The SMILES string of the molecule is CC(O)[C@H](O)c1cc(Cl)ccc1Br. The normalized spacial score (nSPS) is 15.5. The zero-order valence-corrected chi connectivity index (χ0v) is 9.38. The summed E-state index contributed by atoms with van der Waals surface area (Å²) in [5.74, 6) is 0. The molecule has 0 amide bonds. The van der Waals surface area contributed by atoms with Gasteiger partial charge < -0.3 is 10.2 Å². The molecule has 0 aromatic heterocycles. The summed E-state index contributed by atoms with van der Waals surface area (Å²) in [6, 6.07) is 5.08. The summed E-state index contributed by atoms with van der Waals surface area (Å²) in [7, 11) is 0. The van der Waals surface area contributed by atoms with Crippen molar-refractivity contribution in [3.63, 3.8) is 0 Å². The van der Waals surface area contributed by atoms with Crippen molar-refractivity contribution in [2.24, 2.45) is 0 Å². The van der Waals surface area contributed by atoms with Gasteiger partial charge in [-0.15, -0.1) is 0 Å². The molecular formula is C9H10BrClO2. The van der Waals surface area contributed by atoms with E-state index in [4.69, 9.17) is 11.6 Å². The Morgan fingerprint density at radius 2 is 2.00 bits per heavy atom. The molecule has 0 saturated carbocycles. The molecule has 2 N–H and O–H groups in total. The van der Waals surface area contributed by atoms with Gasteiger partial charge in [0.25, 0.3) is 0 Å². The molecule has 1 aromatic carbocycles. The van der Waals surface area contributed by atoms with Crippen LogP contribution < -0.4 is 0 Å². The molecule has 1 rings (SSSR count). The fourth-order valence-corrected chi connectivity index (χ4v) is 1.66. The lowest BCUT2D eigenvalue weighted by Gasteiger charge is -2.15. The molecule has 0 radical (unpaired) electrons. The Kier molecular flexibility index (Phi) is 3.74. The first kappa shape index (κ1) is 11.0. The average molecular weight is 266 g/mol. The number of halogens is 2. The Bertz CT molecular complexity index is 302. The molecular weight excluding hydrogens is 255 g/mol. The largest absolute Gasteiger partial charge is 0.390 e. The highest BCUT2D eigenvalue weighted by Gasteiger charge is 2.16. The van der Waals surface area contributed by atoms with Crippen LogP contribution in [0.2, 0.25) is 5.02 Å². The predicted molar refractivity (Wildman–Crippen MR) is 55.8 cm³/mol. The lowest BCUT2D eigenvalue weighted by Crippen LogP contribution is -2.14. The summed E-state index contributed by atoms with van der Waals surface area (Å²) >= 11 is 9.02. The Morgan fingerprint density at radius 1 is 1.38 bits per heavy atom. The van der Waals surface area contributed by atoms with Crippen LogP contribution in [-0.2, 0) is 0 Å². The quantitative estimate of drug-likeness (QED) is 0.863. The highest BCUT2D eigenvalue weighted by atomic mass is 79.9. The van der Waals surface area contributed by atoms with Gasteiger partial charge in [-0.3, -0.25) is 0 Å². The second-order valence-electron chi connectivity index (χ2n) is 2.85. The maximum atomic E-state index is 9.56. The molecule has 0 aliphatic rings. The van der Waals surface area contributed by atoms with E-state index >= 15 is 0 Å². The minimum atomic E-state index is -0.909. The van der Waals surface area contributed by atoms with Gasteiger partial charge in [0.15, 0.2) is 0 Å². The number of hydrogen-bond acceptors (Lipinski definition) is 2. The Hall–Kier alpha value is -0.0900. The van der Waals surface area contributed by atoms with Gasteiger partial charge in [0.05, 0.1) is 6.10 Å². The number of aliphatic hydroxyl groups is 2. The third kappa shape index (κ3) is 2.68. The van der Waals surface area contributed by atoms with Gasteiger partial charge in [0.1, 0.15) is 6.10 Å². The summed E-state index contributed by atoms with van der Waals surface area (Å²) in [4.78, 5) is 0. The molecule has 0 fully saturated rings. The van der Waals surface area contributed by atoms with E-state index in [0.29, 0.717) is 10.6 Å². The molecule has 1 unspecified atom stereocenters. The molecule has 0 spiro atoms. The summed E-state index contributed by atoms with van der Waals surface area (Å²) < 4.78 is 0.741. The van der Waals surface area contributed by atoms with Gasteiger partial charge >= 0.3 is 0 Å². The van der Waals surface area contributed by atoms with Crippen LogP contribution >= 0.6 is 27.5 Å². The van der Waals surface area contributed by atoms with Crippen molar-refractivity contribution >= 4 is 27.5 Å². The van der Waals surface area contributed by atoms with E-state index in [-0.39, 0.29) is 0 Å². The van der Waals surface area contributed by atoms with Crippen molar-refractivity contribution in [2.75, 3.05) is 0 Å². The van der Waals surface area contributed by atoms with Gasteiger partial charge in [-0.25, -0.2) is 0 Å². The van der Waals surface area contributed by atoms with Crippen molar-refractivity contribution in [1.29, 1.82) is 0 Å². The smallest absolute Gasteiger partial charge is 0.106 e. The topological polar surface area (TPSA) is 40.5 Å². The van der Waals surface area contributed by atoms with E-state index in [1.165, 1.54) is 6.92 Å². The lowest BCUT2D eigenvalue weighted by molar-refractivity contribution is 0.0301. The minimum Gasteiger partial charge on any atom is -0.390 e. The van der Waals surface area contributed by atoms with Crippen LogP contribution in [0, 0.1) is 0 Å². The Balaban J connectivity index is 3.05.